The third-order valence-electron chi connectivity index (χ3n) is 5.26. The Balaban J connectivity index is 1.56. The molecule has 1 amide bonds. The van der Waals surface area contributed by atoms with E-state index in [2.05, 4.69) is 15.5 Å². The Kier molecular flexibility index (Phi) is 7.92. The van der Waals surface area contributed by atoms with Gasteiger partial charge in [0.1, 0.15) is 17.2 Å². The van der Waals surface area contributed by atoms with Crippen LogP contribution in [0.15, 0.2) is 34.7 Å². The van der Waals surface area contributed by atoms with Crippen LogP contribution in [0.4, 0.5) is 24.5 Å². The predicted molar refractivity (Wildman–Crippen MR) is 113 cm³/mol. The number of halogens is 3. The highest BCUT2D eigenvalue weighted by atomic mass is 19.4. The fourth-order valence-electron chi connectivity index (χ4n) is 3.55. The highest BCUT2D eigenvalue weighted by Crippen LogP contribution is 2.35. The zero-order chi connectivity index (χ0) is 24.0. The molecule has 1 atom stereocenters. The summed E-state index contributed by atoms with van der Waals surface area (Å²) in [6.07, 6.45) is -4.71. The van der Waals surface area contributed by atoms with Crippen molar-refractivity contribution < 1.29 is 32.0 Å². The first kappa shape index (κ1) is 24.5. The molecule has 2 N–H and O–H groups in total. The Morgan fingerprint density at radius 1 is 1.24 bits per heavy atom. The maximum absolute atomic E-state index is 12.8. The van der Waals surface area contributed by atoms with E-state index in [0.29, 0.717) is 38.9 Å². The Labute approximate surface area is 188 Å². The van der Waals surface area contributed by atoms with Gasteiger partial charge < -0.3 is 19.8 Å². The minimum Gasteiger partial charge on any atom is -0.465 e. The number of nitrogens with one attached hydrogen (secondary N) is 2. The summed E-state index contributed by atoms with van der Waals surface area (Å²) in [4.78, 5) is 24.8. The van der Waals surface area contributed by atoms with E-state index >= 15 is 0 Å². The van der Waals surface area contributed by atoms with E-state index in [1.807, 2.05) is 19.1 Å². The van der Waals surface area contributed by atoms with Crippen LogP contribution in [0.25, 0.3) is 0 Å². The monoisotopic (exact) mass is 470 g/mol. The van der Waals surface area contributed by atoms with Crippen LogP contribution >= 0.6 is 0 Å². The number of carbonyl (C=O) groups excluding carboxylic acids is 1. The molecule has 0 aliphatic carbocycles. The van der Waals surface area contributed by atoms with Crippen LogP contribution in [0.2, 0.25) is 0 Å². The summed E-state index contributed by atoms with van der Waals surface area (Å²) >= 11 is 0. The van der Waals surface area contributed by atoms with Gasteiger partial charge in [-0.05, 0) is 31.2 Å². The van der Waals surface area contributed by atoms with Crippen molar-refractivity contribution in [2.45, 2.75) is 25.6 Å². The number of carbonyl (C=O) groups is 1. The number of hydrogen-bond acceptors (Lipinski definition) is 7. The molecule has 33 heavy (non-hydrogen) atoms. The molecule has 1 aliphatic heterocycles. The van der Waals surface area contributed by atoms with Crippen LogP contribution in [0.3, 0.4) is 0 Å². The van der Waals surface area contributed by atoms with Crippen molar-refractivity contribution in [2.24, 2.45) is 0 Å². The maximum Gasteiger partial charge on any atom is 0.416 e. The van der Waals surface area contributed by atoms with Crippen LogP contribution in [0.5, 0.6) is 0 Å². The summed E-state index contributed by atoms with van der Waals surface area (Å²) in [5, 5.41) is 16.7. The lowest BCUT2D eigenvalue weighted by Gasteiger charge is -2.33. The molecule has 0 spiro atoms. The lowest BCUT2D eigenvalue weighted by Crippen LogP contribution is -2.43. The highest BCUT2D eigenvalue weighted by Gasteiger charge is 2.33. The van der Waals surface area contributed by atoms with E-state index in [4.69, 9.17) is 9.15 Å². The number of nitro groups is 1. The van der Waals surface area contributed by atoms with Gasteiger partial charge in [0.05, 0.1) is 29.7 Å². The average molecular weight is 470 g/mol. The molecule has 2 heterocycles. The number of rotatable bonds is 9. The minimum atomic E-state index is -4.69. The molecule has 0 radical (unpaired) electrons. The summed E-state index contributed by atoms with van der Waals surface area (Å²) in [5.74, 6) is 1.18. The third kappa shape index (κ3) is 6.68. The van der Waals surface area contributed by atoms with E-state index < -0.39 is 22.4 Å². The molecule has 9 nitrogen and oxygen atoms in total. The summed E-state index contributed by atoms with van der Waals surface area (Å²) in [5.41, 5.74) is -1.90. The molecule has 3 rings (SSSR count). The maximum atomic E-state index is 12.8. The number of nitrogens with zero attached hydrogens (tertiary/aromatic N) is 2. The number of ether oxygens (including phenoxy) is 1. The van der Waals surface area contributed by atoms with Gasteiger partial charge in [0, 0.05) is 38.7 Å². The molecule has 2 aromatic rings. The number of anilines is 1. The van der Waals surface area contributed by atoms with Gasteiger partial charge in [-0.1, -0.05) is 0 Å². The van der Waals surface area contributed by atoms with Crippen molar-refractivity contribution in [1.29, 1.82) is 0 Å². The summed E-state index contributed by atoms with van der Waals surface area (Å²) < 4.78 is 49.6. The molecule has 1 aromatic heterocycles. The van der Waals surface area contributed by atoms with Crippen molar-refractivity contribution in [3.63, 3.8) is 0 Å². The fourth-order valence-corrected chi connectivity index (χ4v) is 3.55. The van der Waals surface area contributed by atoms with Crippen LogP contribution < -0.4 is 10.6 Å². The molecule has 1 aliphatic rings. The first-order valence-electron chi connectivity index (χ1n) is 10.4. The van der Waals surface area contributed by atoms with Gasteiger partial charge in [-0.2, -0.15) is 13.2 Å². The number of nitro benzene ring substituents is 1. The lowest BCUT2D eigenvalue weighted by molar-refractivity contribution is -0.384. The van der Waals surface area contributed by atoms with Crippen molar-refractivity contribution >= 4 is 17.3 Å². The number of alkyl halides is 3. The van der Waals surface area contributed by atoms with Gasteiger partial charge in [0.25, 0.3) is 5.69 Å². The Hall–Kier alpha value is -3.12. The summed E-state index contributed by atoms with van der Waals surface area (Å²) in [6.45, 7) is 4.70. The molecular weight excluding hydrogens is 445 g/mol. The Bertz CT molecular complexity index is 973. The molecule has 1 fully saturated rings. The minimum absolute atomic E-state index is 0.0140. The van der Waals surface area contributed by atoms with Crippen LogP contribution in [-0.4, -0.2) is 55.1 Å². The standard InChI is InChI=1S/C21H25F3N4O5/c1-14-2-5-19(33-14)18(27-8-10-32-11-9-27)13-26-20(29)6-7-25-16-4-3-15(21(22,23)24)12-17(16)28(30)31/h2-5,12,18,25H,6-11,13H2,1H3,(H,26,29). The molecule has 12 heteroatoms. The van der Waals surface area contributed by atoms with Crippen molar-refractivity contribution in [3.05, 3.63) is 57.5 Å². The third-order valence-corrected chi connectivity index (χ3v) is 5.26. The smallest absolute Gasteiger partial charge is 0.416 e. The second kappa shape index (κ2) is 10.7. The number of aryl methyl sites for hydroxylation is 1. The second-order valence-corrected chi connectivity index (χ2v) is 7.58. The van der Waals surface area contributed by atoms with Crippen molar-refractivity contribution in [2.75, 3.05) is 44.7 Å². The molecular formula is C21H25F3N4O5. The first-order valence-corrected chi connectivity index (χ1v) is 10.4. The fraction of sp³-hybridized carbons (Fsp3) is 0.476. The molecule has 0 bridgehead atoms. The SMILES string of the molecule is Cc1ccc(C(CNC(=O)CCNc2ccc(C(F)(F)F)cc2[N+](=O)[O-])N2CCOCC2)o1. The van der Waals surface area contributed by atoms with Gasteiger partial charge in [-0.15, -0.1) is 0 Å². The number of furan rings is 1. The molecule has 1 aromatic carbocycles. The number of benzene rings is 1. The van der Waals surface area contributed by atoms with Crippen molar-refractivity contribution in [1.82, 2.24) is 10.2 Å². The average Bonchev–Trinajstić information content (AvgIpc) is 3.20. The van der Waals surface area contributed by atoms with Gasteiger partial charge in [-0.3, -0.25) is 19.8 Å². The lowest BCUT2D eigenvalue weighted by atomic mass is 10.1. The topological polar surface area (TPSA) is 110 Å². The molecule has 0 saturated carbocycles. The van der Waals surface area contributed by atoms with Crippen molar-refractivity contribution in [3.8, 4) is 0 Å². The first-order chi connectivity index (χ1) is 15.6. The zero-order valence-electron chi connectivity index (χ0n) is 18.0. The van der Waals surface area contributed by atoms with E-state index in [-0.39, 0.29) is 30.6 Å². The predicted octanol–water partition coefficient (Wildman–Crippen LogP) is 3.51. The Morgan fingerprint density at radius 3 is 2.58 bits per heavy atom. The number of amides is 1. The van der Waals surface area contributed by atoms with Gasteiger partial charge >= 0.3 is 6.18 Å². The molecule has 180 valence electrons. The Morgan fingerprint density at radius 2 is 1.97 bits per heavy atom. The quantitative estimate of drug-likeness (QED) is 0.426. The van der Waals surface area contributed by atoms with E-state index in [9.17, 15) is 28.1 Å². The van der Waals surface area contributed by atoms with Gasteiger partial charge in [0.2, 0.25) is 5.91 Å². The molecule has 1 saturated heterocycles. The molecule has 1 unspecified atom stereocenters. The normalized spacial score (nSPS) is 15.8. The largest absolute Gasteiger partial charge is 0.465 e. The summed E-state index contributed by atoms with van der Waals surface area (Å²) in [7, 11) is 0. The van der Waals surface area contributed by atoms with Gasteiger partial charge in [0.15, 0.2) is 0 Å². The van der Waals surface area contributed by atoms with E-state index in [1.165, 1.54) is 0 Å². The van der Waals surface area contributed by atoms with Gasteiger partial charge in [-0.25, -0.2) is 0 Å². The van der Waals surface area contributed by atoms with E-state index in [1.54, 1.807) is 0 Å². The highest BCUT2D eigenvalue weighted by molar-refractivity contribution is 5.76. The summed E-state index contributed by atoms with van der Waals surface area (Å²) in [6, 6.07) is 5.77. The number of hydrogen-bond donors (Lipinski definition) is 2. The van der Waals surface area contributed by atoms with Crippen LogP contribution in [0.1, 0.15) is 29.5 Å². The van der Waals surface area contributed by atoms with Crippen LogP contribution in [0, 0.1) is 17.0 Å². The zero-order valence-corrected chi connectivity index (χ0v) is 18.0. The van der Waals surface area contributed by atoms with Crippen LogP contribution in [-0.2, 0) is 15.7 Å². The van der Waals surface area contributed by atoms with E-state index in [0.717, 1.165) is 23.7 Å². The number of morpholine rings is 1. The second-order valence-electron chi connectivity index (χ2n) is 7.58.